The number of benzene rings is 6. The van der Waals surface area contributed by atoms with Crippen molar-refractivity contribution in [2.45, 2.75) is 0 Å². The zero-order chi connectivity index (χ0) is 35.1. The summed E-state index contributed by atoms with van der Waals surface area (Å²) in [5, 5.41) is 3.05. The van der Waals surface area contributed by atoms with Gasteiger partial charge >= 0.3 is 0 Å². The van der Waals surface area contributed by atoms with Crippen LogP contribution in [0.2, 0.25) is 0 Å². The van der Waals surface area contributed by atoms with Crippen molar-refractivity contribution in [2.24, 2.45) is 0 Å². The lowest BCUT2D eigenvalue weighted by Crippen LogP contribution is -1.97. The van der Waals surface area contributed by atoms with Crippen LogP contribution < -0.4 is 0 Å². The minimum Gasteiger partial charge on any atom is -0.438 e. The number of nitrogens with zero attached hydrogens (tertiary/aromatic N) is 4. The number of fused-ring (bicyclic) bond motifs is 4. The summed E-state index contributed by atoms with van der Waals surface area (Å²) in [4.78, 5) is 19.7. The molecule has 0 aliphatic heterocycles. The number of hydrogen-bond acceptors (Lipinski definition) is 5. The van der Waals surface area contributed by atoms with Gasteiger partial charge in [-0.2, -0.15) is 0 Å². The van der Waals surface area contributed by atoms with E-state index in [1.54, 1.807) is 6.20 Å². The zero-order valence-electron chi connectivity index (χ0n) is 28.5. The maximum absolute atomic E-state index is 6.24. The van der Waals surface area contributed by atoms with Crippen molar-refractivity contribution in [3.05, 3.63) is 182 Å². The molecule has 0 spiro atoms. The third-order valence-corrected chi connectivity index (χ3v) is 9.75. The number of aromatic nitrogens is 4. The molecule has 4 aromatic heterocycles. The Kier molecular flexibility index (Phi) is 7.40. The van der Waals surface area contributed by atoms with E-state index in [0.717, 1.165) is 88.7 Å². The van der Waals surface area contributed by atoms with E-state index in [-0.39, 0.29) is 0 Å². The molecule has 6 aromatic carbocycles. The molecular formula is C48H30N4O. The molecule has 0 radical (unpaired) electrons. The largest absolute Gasteiger partial charge is 0.438 e. The van der Waals surface area contributed by atoms with E-state index in [9.17, 15) is 0 Å². The molecule has 0 aliphatic rings. The van der Waals surface area contributed by atoms with Gasteiger partial charge in [0.2, 0.25) is 5.71 Å². The minimum absolute atomic E-state index is 0.627. The average molecular weight is 679 g/mol. The van der Waals surface area contributed by atoms with Crippen molar-refractivity contribution >= 4 is 33.0 Å². The lowest BCUT2D eigenvalue weighted by molar-refractivity contribution is 0.656. The van der Waals surface area contributed by atoms with Crippen molar-refractivity contribution in [3.63, 3.8) is 0 Å². The molecule has 0 unspecified atom stereocenters. The monoisotopic (exact) mass is 678 g/mol. The van der Waals surface area contributed by atoms with Crippen LogP contribution in [0.1, 0.15) is 0 Å². The third-order valence-electron chi connectivity index (χ3n) is 9.75. The minimum atomic E-state index is 0.627. The highest BCUT2D eigenvalue weighted by Gasteiger charge is 2.16. The normalized spacial score (nSPS) is 11.4. The molecule has 0 N–H and O–H groups in total. The molecule has 5 heteroatoms. The number of hydrogen-bond donors (Lipinski definition) is 0. The Bertz CT molecular complexity index is 2940. The maximum atomic E-state index is 6.24. The summed E-state index contributed by atoms with van der Waals surface area (Å²) >= 11 is 0. The lowest BCUT2D eigenvalue weighted by Gasteiger charge is -2.13. The maximum Gasteiger partial charge on any atom is 0.227 e. The van der Waals surface area contributed by atoms with Gasteiger partial charge in [0.05, 0.1) is 16.9 Å². The summed E-state index contributed by atoms with van der Waals surface area (Å²) in [6.07, 6.45) is 3.70. The Morgan fingerprint density at radius 1 is 0.377 bits per heavy atom. The second-order valence-corrected chi connectivity index (χ2v) is 13.2. The van der Waals surface area contributed by atoms with E-state index >= 15 is 0 Å². The molecule has 0 aliphatic carbocycles. The van der Waals surface area contributed by atoms with Gasteiger partial charge in [0, 0.05) is 50.8 Å². The lowest BCUT2D eigenvalue weighted by atomic mass is 9.94. The fraction of sp³-hybridized carbons (Fsp3) is 0. The fourth-order valence-electron chi connectivity index (χ4n) is 7.08. The van der Waals surface area contributed by atoms with Crippen LogP contribution in [-0.2, 0) is 0 Å². The molecule has 10 aromatic rings. The number of rotatable bonds is 6. The molecule has 0 saturated carbocycles. The molecule has 0 amide bonds. The third kappa shape index (κ3) is 5.80. The van der Waals surface area contributed by atoms with Crippen LogP contribution in [0, 0.1) is 0 Å². The predicted molar refractivity (Wildman–Crippen MR) is 215 cm³/mol. The molecule has 53 heavy (non-hydrogen) atoms. The molecule has 0 bridgehead atoms. The Balaban J connectivity index is 1.17. The fourth-order valence-corrected chi connectivity index (χ4v) is 7.08. The van der Waals surface area contributed by atoms with Crippen LogP contribution in [0.5, 0.6) is 0 Å². The molecule has 10 rings (SSSR count). The van der Waals surface area contributed by atoms with Crippen LogP contribution in [0.4, 0.5) is 0 Å². The Morgan fingerprint density at radius 2 is 1.02 bits per heavy atom. The highest BCUT2D eigenvalue weighted by atomic mass is 16.3. The van der Waals surface area contributed by atoms with Crippen molar-refractivity contribution in [3.8, 4) is 67.3 Å². The Hall–Kier alpha value is -7.24. The molecule has 0 fully saturated rings. The SMILES string of the molecule is c1ccc(-c2cc(-c3cccc(-c4cccnc4)c3)cc(-c3nc(-c4ccccc4)cc(-c4ccc5oc6nc7ccccc7cc6c5c4)n3)c2)cc1. The van der Waals surface area contributed by atoms with Crippen LogP contribution >= 0.6 is 0 Å². The van der Waals surface area contributed by atoms with Crippen molar-refractivity contribution in [2.75, 3.05) is 0 Å². The Morgan fingerprint density at radius 3 is 1.81 bits per heavy atom. The first-order valence-corrected chi connectivity index (χ1v) is 17.6. The summed E-state index contributed by atoms with van der Waals surface area (Å²) in [5.41, 5.74) is 13.5. The van der Waals surface area contributed by atoms with Crippen LogP contribution in [0.15, 0.2) is 187 Å². The molecule has 248 valence electrons. The summed E-state index contributed by atoms with van der Waals surface area (Å²) in [7, 11) is 0. The zero-order valence-corrected chi connectivity index (χ0v) is 28.5. The van der Waals surface area contributed by atoms with Gasteiger partial charge < -0.3 is 4.42 Å². The van der Waals surface area contributed by atoms with Gasteiger partial charge in [-0.1, -0.05) is 103 Å². The quantitative estimate of drug-likeness (QED) is 0.175. The topological polar surface area (TPSA) is 64.7 Å². The molecule has 5 nitrogen and oxygen atoms in total. The first kappa shape index (κ1) is 30.6. The van der Waals surface area contributed by atoms with Gasteiger partial charge in [0.25, 0.3) is 0 Å². The van der Waals surface area contributed by atoms with Crippen LogP contribution in [0.25, 0.3) is 100 Å². The van der Waals surface area contributed by atoms with E-state index in [4.69, 9.17) is 19.4 Å². The van der Waals surface area contributed by atoms with Gasteiger partial charge in [-0.25, -0.2) is 15.0 Å². The number of furan rings is 1. The van der Waals surface area contributed by atoms with Crippen molar-refractivity contribution < 1.29 is 4.42 Å². The van der Waals surface area contributed by atoms with E-state index in [2.05, 4.69) is 120 Å². The van der Waals surface area contributed by atoms with Gasteiger partial charge in [-0.15, -0.1) is 0 Å². The molecular weight excluding hydrogens is 649 g/mol. The molecule has 0 atom stereocenters. The summed E-state index contributed by atoms with van der Waals surface area (Å²) in [6.45, 7) is 0. The van der Waals surface area contributed by atoms with E-state index in [1.165, 1.54) is 0 Å². The molecule has 4 heterocycles. The van der Waals surface area contributed by atoms with Crippen LogP contribution in [0.3, 0.4) is 0 Å². The van der Waals surface area contributed by atoms with E-state index in [1.807, 2.05) is 60.8 Å². The van der Waals surface area contributed by atoms with Gasteiger partial charge in [0.15, 0.2) is 5.82 Å². The number of pyridine rings is 2. The Labute approximate surface area is 305 Å². The van der Waals surface area contributed by atoms with E-state index < -0.39 is 0 Å². The average Bonchev–Trinajstić information content (AvgIpc) is 3.60. The van der Waals surface area contributed by atoms with Crippen molar-refractivity contribution in [1.29, 1.82) is 0 Å². The van der Waals surface area contributed by atoms with Crippen molar-refractivity contribution in [1.82, 2.24) is 19.9 Å². The summed E-state index contributed by atoms with van der Waals surface area (Å²) < 4.78 is 6.24. The van der Waals surface area contributed by atoms with Crippen LogP contribution in [-0.4, -0.2) is 19.9 Å². The number of para-hydroxylation sites is 1. The first-order chi connectivity index (χ1) is 26.2. The highest BCUT2D eigenvalue weighted by molar-refractivity contribution is 6.08. The second kappa shape index (κ2) is 12.8. The summed E-state index contributed by atoms with van der Waals surface area (Å²) in [5.74, 6) is 0.647. The van der Waals surface area contributed by atoms with Gasteiger partial charge in [-0.05, 0) is 94.5 Å². The second-order valence-electron chi connectivity index (χ2n) is 13.2. The standard InChI is InChI=1S/C48H30N4O/c1-3-11-31(12-4-1)38-24-39(34-17-9-16-33(23-34)37-18-10-22-49-30-37)26-40(25-38)47-50-44(32-13-5-2-6-14-32)29-45(51-47)36-20-21-46-41(27-36)42-28-35-15-7-8-19-43(35)52-48(42)53-46/h1-30H. The molecule has 0 saturated heterocycles. The first-order valence-electron chi connectivity index (χ1n) is 17.6. The smallest absolute Gasteiger partial charge is 0.227 e. The highest BCUT2D eigenvalue weighted by Crippen LogP contribution is 2.37. The van der Waals surface area contributed by atoms with E-state index in [0.29, 0.717) is 11.5 Å². The predicted octanol–water partition coefficient (Wildman–Crippen LogP) is 12.3. The van der Waals surface area contributed by atoms with Gasteiger partial charge in [0.1, 0.15) is 5.58 Å². The van der Waals surface area contributed by atoms with Gasteiger partial charge in [-0.3, -0.25) is 4.98 Å². The summed E-state index contributed by atoms with van der Waals surface area (Å²) in [6, 6.07) is 58.7.